The summed E-state index contributed by atoms with van der Waals surface area (Å²) in [6.45, 7) is 0.385. The van der Waals surface area contributed by atoms with Crippen LogP contribution >= 0.6 is 0 Å². The summed E-state index contributed by atoms with van der Waals surface area (Å²) in [6, 6.07) is 7.14. The largest absolute Gasteiger partial charge is 0.497 e. The number of carbonyl (C=O) groups excluding carboxylic acids is 2. The molecule has 0 radical (unpaired) electrons. The van der Waals surface area contributed by atoms with Gasteiger partial charge >= 0.3 is 11.9 Å². The first-order valence-electron chi connectivity index (χ1n) is 9.11. The maximum atomic E-state index is 12.1. The molecule has 0 unspecified atom stereocenters. The topological polar surface area (TPSA) is 96.0 Å². The molecule has 0 aliphatic heterocycles. The minimum atomic E-state index is -0.517. The zero-order valence-electron chi connectivity index (χ0n) is 17.4. The Bertz CT molecular complexity index is 962. The zero-order chi connectivity index (χ0) is 21.9. The van der Waals surface area contributed by atoms with E-state index in [1.54, 1.807) is 26.4 Å². The SMILES string of the molecule is COC(=O)CCC#Cc1cc(NCc2ccc(OC)cc2OC)c(C(=O)OC)cn1. The van der Waals surface area contributed by atoms with Gasteiger partial charge in [-0.05, 0) is 24.1 Å². The first kappa shape index (κ1) is 22.6. The van der Waals surface area contributed by atoms with Crippen LogP contribution in [-0.4, -0.2) is 45.4 Å². The first-order valence-corrected chi connectivity index (χ1v) is 9.11. The lowest BCUT2D eigenvalue weighted by atomic mass is 10.1. The highest BCUT2D eigenvalue weighted by Gasteiger charge is 2.14. The van der Waals surface area contributed by atoms with Crippen molar-refractivity contribution < 1.29 is 28.5 Å². The molecule has 0 saturated heterocycles. The number of carbonyl (C=O) groups is 2. The van der Waals surface area contributed by atoms with Crippen molar-refractivity contribution in [3.8, 4) is 23.3 Å². The van der Waals surface area contributed by atoms with Crippen LogP contribution in [0.2, 0.25) is 0 Å². The van der Waals surface area contributed by atoms with Crippen LogP contribution in [0.3, 0.4) is 0 Å². The Morgan fingerprint density at radius 3 is 2.53 bits per heavy atom. The van der Waals surface area contributed by atoms with Crippen molar-refractivity contribution in [2.45, 2.75) is 19.4 Å². The molecule has 0 amide bonds. The molecule has 30 heavy (non-hydrogen) atoms. The Labute approximate surface area is 175 Å². The maximum Gasteiger partial charge on any atom is 0.341 e. The number of ether oxygens (including phenoxy) is 4. The Hall–Kier alpha value is -3.73. The normalized spacial score (nSPS) is 9.73. The third-order valence-electron chi connectivity index (χ3n) is 4.17. The Morgan fingerprint density at radius 1 is 1.07 bits per heavy atom. The predicted octanol–water partition coefficient (Wildman–Crippen LogP) is 2.80. The van der Waals surface area contributed by atoms with Crippen LogP contribution < -0.4 is 14.8 Å². The van der Waals surface area contributed by atoms with Crippen molar-refractivity contribution in [1.29, 1.82) is 0 Å². The smallest absolute Gasteiger partial charge is 0.341 e. The van der Waals surface area contributed by atoms with E-state index in [9.17, 15) is 9.59 Å². The summed E-state index contributed by atoms with van der Waals surface area (Å²) >= 11 is 0. The van der Waals surface area contributed by atoms with E-state index in [4.69, 9.17) is 14.2 Å². The van der Waals surface area contributed by atoms with Crippen LogP contribution in [0.15, 0.2) is 30.5 Å². The molecule has 2 aromatic rings. The van der Waals surface area contributed by atoms with Crippen LogP contribution in [-0.2, 0) is 20.8 Å². The van der Waals surface area contributed by atoms with Crippen molar-refractivity contribution in [1.82, 2.24) is 4.98 Å². The molecule has 158 valence electrons. The second kappa shape index (κ2) is 11.3. The molecular weight excluding hydrogens is 388 g/mol. The van der Waals surface area contributed by atoms with E-state index >= 15 is 0 Å². The molecule has 0 aliphatic carbocycles. The number of hydrogen-bond donors (Lipinski definition) is 1. The standard InChI is InChI=1S/C22H24N2O6/c1-27-17-10-9-15(20(12-17)28-2)13-24-19-11-16(7-5-6-8-21(25)29-3)23-14-18(19)22(26)30-4/h9-12,14H,6,8,13H2,1-4H3,(H,23,24). The number of anilines is 1. The molecule has 1 N–H and O–H groups in total. The van der Waals surface area contributed by atoms with Gasteiger partial charge in [-0.2, -0.15) is 0 Å². The van der Waals surface area contributed by atoms with Crippen LogP contribution in [0.1, 0.15) is 34.5 Å². The summed E-state index contributed by atoms with van der Waals surface area (Å²) in [4.78, 5) is 27.4. The minimum Gasteiger partial charge on any atom is -0.497 e. The van der Waals surface area contributed by atoms with Gasteiger partial charge < -0.3 is 24.3 Å². The van der Waals surface area contributed by atoms with E-state index in [-0.39, 0.29) is 18.0 Å². The van der Waals surface area contributed by atoms with Gasteiger partial charge in [-0.1, -0.05) is 5.92 Å². The summed E-state index contributed by atoms with van der Waals surface area (Å²) in [5, 5.41) is 3.21. The maximum absolute atomic E-state index is 12.1. The highest BCUT2D eigenvalue weighted by atomic mass is 16.5. The van der Waals surface area contributed by atoms with E-state index in [1.165, 1.54) is 20.4 Å². The molecule has 0 aliphatic rings. The Morgan fingerprint density at radius 2 is 1.87 bits per heavy atom. The van der Waals surface area contributed by atoms with Crippen LogP contribution in [0.5, 0.6) is 11.5 Å². The minimum absolute atomic E-state index is 0.201. The molecule has 0 bridgehead atoms. The van der Waals surface area contributed by atoms with Gasteiger partial charge in [0, 0.05) is 30.8 Å². The van der Waals surface area contributed by atoms with E-state index < -0.39 is 5.97 Å². The second-order valence-corrected chi connectivity index (χ2v) is 6.02. The van der Waals surface area contributed by atoms with Crippen LogP contribution in [0.4, 0.5) is 5.69 Å². The highest BCUT2D eigenvalue weighted by molar-refractivity contribution is 5.95. The average Bonchev–Trinajstić information content (AvgIpc) is 2.79. The third kappa shape index (κ3) is 6.14. The second-order valence-electron chi connectivity index (χ2n) is 6.02. The molecule has 1 aromatic heterocycles. The van der Waals surface area contributed by atoms with Crippen molar-refractivity contribution >= 4 is 17.6 Å². The molecule has 0 atom stereocenters. The van der Waals surface area contributed by atoms with Crippen LogP contribution in [0, 0.1) is 11.8 Å². The van der Waals surface area contributed by atoms with E-state index in [0.717, 1.165) is 5.56 Å². The van der Waals surface area contributed by atoms with E-state index in [0.29, 0.717) is 35.8 Å². The summed E-state index contributed by atoms with van der Waals surface area (Å²) in [6.07, 6.45) is 1.95. The average molecular weight is 412 g/mol. The summed E-state index contributed by atoms with van der Waals surface area (Å²) < 4.78 is 20.0. The molecule has 1 aromatic carbocycles. The lowest BCUT2D eigenvalue weighted by Crippen LogP contribution is -2.10. The zero-order valence-corrected chi connectivity index (χ0v) is 17.4. The number of benzene rings is 1. The molecule has 8 heteroatoms. The number of hydrogen-bond acceptors (Lipinski definition) is 8. The Balaban J connectivity index is 2.23. The molecule has 2 rings (SSSR count). The van der Waals surface area contributed by atoms with Gasteiger partial charge in [-0.3, -0.25) is 4.79 Å². The van der Waals surface area contributed by atoms with Gasteiger partial charge in [0.25, 0.3) is 0 Å². The van der Waals surface area contributed by atoms with E-state index in [1.807, 2.05) is 12.1 Å². The number of nitrogens with zero attached hydrogens (tertiary/aromatic N) is 1. The van der Waals surface area contributed by atoms with Gasteiger partial charge in [-0.15, -0.1) is 0 Å². The molecule has 0 spiro atoms. The third-order valence-corrected chi connectivity index (χ3v) is 4.17. The number of nitrogens with one attached hydrogen (secondary N) is 1. The lowest BCUT2D eigenvalue weighted by Gasteiger charge is -2.14. The number of methoxy groups -OCH3 is 4. The van der Waals surface area contributed by atoms with Gasteiger partial charge in [0.15, 0.2) is 0 Å². The molecular formula is C22H24N2O6. The molecule has 0 saturated carbocycles. The fourth-order valence-electron chi connectivity index (χ4n) is 2.55. The first-order chi connectivity index (χ1) is 14.5. The molecule has 8 nitrogen and oxygen atoms in total. The monoisotopic (exact) mass is 412 g/mol. The van der Waals surface area contributed by atoms with Crippen molar-refractivity contribution in [3.63, 3.8) is 0 Å². The summed E-state index contributed by atoms with van der Waals surface area (Å²) in [5.74, 6) is 6.24. The van der Waals surface area contributed by atoms with Gasteiger partial charge in [0.05, 0.1) is 40.5 Å². The quantitative estimate of drug-likeness (QED) is 0.522. The summed E-state index contributed by atoms with van der Waals surface area (Å²) in [5.41, 5.74) is 2.13. The van der Waals surface area contributed by atoms with Gasteiger partial charge in [0.2, 0.25) is 0 Å². The molecule has 0 fully saturated rings. The predicted molar refractivity (Wildman–Crippen MR) is 111 cm³/mol. The number of aromatic nitrogens is 1. The van der Waals surface area contributed by atoms with Gasteiger partial charge in [0.1, 0.15) is 22.8 Å². The number of esters is 2. The van der Waals surface area contributed by atoms with Crippen molar-refractivity contribution in [2.75, 3.05) is 33.8 Å². The van der Waals surface area contributed by atoms with Crippen molar-refractivity contribution in [3.05, 3.63) is 47.3 Å². The Kier molecular flexibility index (Phi) is 8.51. The highest BCUT2D eigenvalue weighted by Crippen LogP contribution is 2.26. The fraction of sp³-hybridized carbons (Fsp3) is 0.318. The number of rotatable bonds is 8. The molecule has 1 heterocycles. The lowest BCUT2D eigenvalue weighted by molar-refractivity contribution is -0.140. The fourth-order valence-corrected chi connectivity index (χ4v) is 2.55. The van der Waals surface area contributed by atoms with Crippen molar-refractivity contribution in [2.24, 2.45) is 0 Å². The number of pyridine rings is 1. The van der Waals surface area contributed by atoms with E-state index in [2.05, 4.69) is 26.9 Å². The van der Waals surface area contributed by atoms with Crippen LogP contribution in [0.25, 0.3) is 0 Å². The summed E-state index contributed by atoms with van der Waals surface area (Å²) in [7, 11) is 5.80. The van der Waals surface area contributed by atoms with Gasteiger partial charge in [-0.25, -0.2) is 9.78 Å².